The van der Waals surface area contributed by atoms with E-state index in [4.69, 9.17) is 4.74 Å². The molecule has 6 heteroatoms. The Labute approximate surface area is 168 Å². The minimum absolute atomic E-state index is 0.0131. The minimum atomic E-state index is -0.460. The molecule has 0 aliphatic carbocycles. The largest absolute Gasteiger partial charge is 0.390 e. The maximum Gasteiger partial charge on any atom is 0.195 e. The number of morpholine rings is 1. The van der Waals surface area contributed by atoms with Crippen LogP contribution in [0.5, 0.6) is 0 Å². The Hall–Kier alpha value is -2.25. The molecule has 0 amide bonds. The van der Waals surface area contributed by atoms with Crippen LogP contribution < -0.4 is 0 Å². The van der Waals surface area contributed by atoms with E-state index < -0.39 is 6.10 Å². The SMILES string of the molecule is O=C(/C=C\c1cn(C[C@H](O)CN2CCOCC2)c2ccccc12)c1cccs1. The monoisotopic (exact) mass is 396 g/mol. The standard InChI is InChI=1S/C22H24N2O3S/c25-18(15-23-9-11-27-12-10-23)16-24-14-17(19-4-1-2-5-20(19)24)7-8-21(26)22-6-3-13-28-22/h1-8,13-14,18,25H,9-12,15-16H2/b8-7-/t18-/m1/s1. The number of nitrogens with zero attached hydrogens (tertiary/aromatic N) is 2. The van der Waals surface area contributed by atoms with Crippen LogP contribution in [0.1, 0.15) is 15.2 Å². The van der Waals surface area contributed by atoms with Gasteiger partial charge < -0.3 is 14.4 Å². The highest BCUT2D eigenvalue weighted by molar-refractivity contribution is 7.12. The van der Waals surface area contributed by atoms with Crippen molar-refractivity contribution in [3.8, 4) is 0 Å². The van der Waals surface area contributed by atoms with Crippen LogP contribution in [0.4, 0.5) is 0 Å². The molecule has 0 radical (unpaired) electrons. The normalized spacial score (nSPS) is 16.8. The van der Waals surface area contributed by atoms with Crippen molar-refractivity contribution in [2.75, 3.05) is 32.8 Å². The summed E-state index contributed by atoms with van der Waals surface area (Å²) in [6, 6.07) is 11.8. The van der Waals surface area contributed by atoms with Crippen molar-refractivity contribution < 1.29 is 14.6 Å². The molecule has 1 N–H and O–H groups in total. The second-order valence-corrected chi connectivity index (χ2v) is 7.94. The Kier molecular flexibility index (Phi) is 6.02. The van der Waals surface area contributed by atoms with Crippen LogP contribution in [0.25, 0.3) is 17.0 Å². The van der Waals surface area contributed by atoms with Crippen LogP contribution in [0.3, 0.4) is 0 Å². The summed E-state index contributed by atoms with van der Waals surface area (Å²) in [7, 11) is 0. The molecule has 3 heterocycles. The number of fused-ring (bicyclic) bond motifs is 1. The van der Waals surface area contributed by atoms with Gasteiger partial charge in [-0.15, -0.1) is 11.3 Å². The number of ketones is 1. The Morgan fingerprint density at radius 2 is 2.00 bits per heavy atom. The minimum Gasteiger partial charge on any atom is -0.390 e. The van der Waals surface area contributed by atoms with E-state index in [1.165, 1.54) is 11.3 Å². The number of ether oxygens (including phenoxy) is 1. The van der Waals surface area contributed by atoms with Gasteiger partial charge in [-0.3, -0.25) is 9.69 Å². The maximum absolute atomic E-state index is 12.3. The molecule has 1 aromatic carbocycles. The second kappa shape index (κ2) is 8.84. The van der Waals surface area contributed by atoms with Gasteiger partial charge >= 0.3 is 0 Å². The topological polar surface area (TPSA) is 54.7 Å². The molecule has 1 aliphatic heterocycles. The molecule has 1 fully saturated rings. The van der Waals surface area contributed by atoms with Gasteiger partial charge in [0.1, 0.15) is 0 Å². The van der Waals surface area contributed by atoms with E-state index in [-0.39, 0.29) is 5.78 Å². The number of aliphatic hydroxyl groups is 1. The van der Waals surface area contributed by atoms with Gasteiger partial charge in [0.2, 0.25) is 0 Å². The van der Waals surface area contributed by atoms with E-state index in [0.717, 1.165) is 47.6 Å². The number of para-hydroxylation sites is 1. The number of benzene rings is 1. The van der Waals surface area contributed by atoms with Gasteiger partial charge in [0.25, 0.3) is 0 Å². The molecule has 0 spiro atoms. The van der Waals surface area contributed by atoms with Crippen LogP contribution in [0.2, 0.25) is 0 Å². The van der Waals surface area contributed by atoms with Gasteiger partial charge in [-0.25, -0.2) is 0 Å². The molecule has 28 heavy (non-hydrogen) atoms. The number of thiophene rings is 1. The van der Waals surface area contributed by atoms with Crippen LogP contribution in [-0.2, 0) is 11.3 Å². The van der Waals surface area contributed by atoms with Crippen molar-refractivity contribution in [1.82, 2.24) is 9.47 Å². The first-order valence-electron chi connectivity index (χ1n) is 9.52. The van der Waals surface area contributed by atoms with Crippen molar-refractivity contribution in [1.29, 1.82) is 0 Å². The van der Waals surface area contributed by atoms with Crippen LogP contribution in [0, 0.1) is 0 Å². The average Bonchev–Trinajstić information content (AvgIpc) is 3.36. The molecule has 5 nitrogen and oxygen atoms in total. The highest BCUT2D eigenvalue weighted by Crippen LogP contribution is 2.23. The molecule has 146 valence electrons. The summed E-state index contributed by atoms with van der Waals surface area (Å²) in [6.07, 6.45) is 5.06. The van der Waals surface area contributed by atoms with E-state index in [1.54, 1.807) is 6.08 Å². The first kappa shape index (κ1) is 19.1. The van der Waals surface area contributed by atoms with E-state index in [0.29, 0.717) is 13.1 Å². The summed E-state index contributed by atoms with van der Waals surface area (Å²) >= 11 is 1.45. The smallest absolute Gasteiger partial charge is 0.195 e. The van der Waals surface area contributed by atoms with Gasteiger partial charge in [0, 0.05) is 48.8 Å². The van der Waals surface area contributed by atoms with Crippen LogP contribution in [-0.4, -0.2) is 59.3 Å². The Morgan fingerprint density at radius 3 is 2.79 bits per heavy atom. The molecule has 2 aromatic heterocycles. The number of rotatable bonds is 7. The highest BCUT2D eigenvalue weighted by Gasteiger charge is 2.16. The van der Waals surface area contributed by atoms with Crippen molar-refractivity contribution in [2.24, 2.45) is 0 Å². The van der Waals surface area contributed by atoms with Crippen molar-refractivity contribution in [2.45, 2.75) is 12.6 Å². The quantitative estimate of drug-likeness (QED) is 0.492. The van der Waals surface area contributed by atoms with Crippen molar-refractivity contribution in [3.63, 3.8) is 0 Å². The molecule has 0 unspecified atom stereocenters. The molecular formula is C22H24N2O3S. The zero-order chi connectivity index (χ0) is 19.3. The fourth-order valence-electron chi connectivity index (χ4n) is 3.59. The molecule has 3 aromatic rings. The lowest BCUT2D eigenvalue weighted by molar-refractivity contribution is 0.0117. The number of carbonyl (C=O) groups is 1. The number of hydrogen-bond donors (Lipinski definition) is 1. The van der Waals surface area contributed by atoms with Crippen molar-refractivity contribution >= 4 is 34.1 Å². The number of aromatic nitrogens is 1. The summed E-state index contributed by atoms with van der Waals surface area (Å²) in [4.78, 5) is 15.3. The summed E-state index contributed by atoms with van der Waals surface area (Å²) in [5.74, 6) is 0.0131. The Morgan fingerprint density at radius 1 is 1.18 bits per heavy atom. The molecule has 0 saturated carbocycles. The summed E-state index contributed by atoms with van der Waals surface area (Å²) < 4.78 is 7.45. The number of β-amino-alcohol motifs (C(OH)–C–C–N with tert-alkyl or cyclic N) is 1. The lowest BCUT2D eigenvalue weighted by Gasteiger charge is -2.28. The molecular weight excluding hydrogens is 372 g/mol. The predicted octanol–water partition coefficient (Wildman–Crippen LogP) is 3.29. The van der Waals surface area contributed by atoms with Gasteiger partial charge in [-0.2, -0.15) is 0 Å². The third kappa shape index (κ3) is 4.42. The first-order valence-corrected chi connectivity index (χ1v) is 10.4. The zero-order valence-corrected chi connectivity index (χ0v) is 16.5. The van der Waals surface area contributed by atoms with Gasteiger partial charge in [0.05, 0.1) is 24.2 Å². The van der Waals surface area contributed by atoms with E-state index in [1.807, 2.05) is 41.9 Å². The van der Waals surface area contributed by atoms with Crippen LogP contribution in [0.15, 0.2) is 54.1 Å². The predicted molar refractivity (Wildman–Crippen MR) is 113 cm³/mol. The fourth-order valence-corrected chi connectivity index (χ4v) is 4.24. The third-order valence-corrected chi connectivity index (χ3v) is 5.86. The summed E-state index contributed by atoms with van der Waals surface area (Å²) in [6.45, 7) is 4.34. The zero-order valence-electron chi connectivity index (χ0n) is 15.7. The average molecular weight is 397 g/mol. The number of aliphatic hydroxyl groups excluding tert-OH is 1. The molecule has 1 saturated heterocycles. The third-order valence-electron chi connectivity index (χ3n) is 4.98. The van der Waals surface area contributed by atoms with E-state index in [9.17, 15) is 9.90 Å². The molecule has 1 aliphatic rings. The van der Waals surface area contributed by atoms with E-state index >= 15 is 0 Å². The van der Waals surface area contributed by atoms with Crippen molar-refractivity contribution in [3.05, 3.63) is 64.5 Å². The van der Waals surface area contributed by atoms with Gasteiger partial charge in [-0.05, 0) is 29.7 Å². The van der Waals surface area contributed by atoms with Gasteiger partial charge in [0.15, 0.2) is 5.78 Å². The first-order chi connectivity index (χ1) is 13.7. The second-order valence-electron chi connectivity index (χ2n) is 7.00. The number of carbonyl (C=O) groups excluding carboxylic acids is 1. The van der Waals surface area contributed by atoms with E-state index in [2.05, 4.69) is 21.6 Å². The highest BCUT2D eigenvalue weighted by atomic mass is 32.1. The lowest BCUT2D eigenvalue weighted by Crippen LogP contribution is -2.41. The molecule has 1 atom stereocenters. The number of allylic oxidation sites excluding steroid dienone is 1. The van der Waals surface area contributed by atoms with Gasteiger partial charge in [-0.1, -0.05) is 24.3 Å². The summed E-state index contributed by atoms with van der Waals surface area (Å²) in [5.41, 5.74) is 2.05. The molecule has 4 rings (SSSR count). The van der Waals surface area contributed by atoms with Crippen LogP contribution >= 0.6 is 11.3 Å². The fraction of sp³-hybridized carbons (Fsp3) is 0.318. The number of hydrogen-bond acceptors (Lipinski definition) is 5. The molecule has 0 bridgehead atoms. The summed E-state index contributed by atoms with van der Waals surface area (Å²) in [5, 5.41) is 13.6. The lowest BCUT2D eigenvalue weighted by atomic mass is 10.1. The Balaban J connectivity index is 1.51. The Bertz CT molecular complexity index is 955. The maximum atomic E-state index is 12.3.